The van der Waals surface area contributed by atoms with E-state index in [1.807, 2.05) is 0 Å². The predicted octanol–water partition coefficient (Wildman–Crippen LogP) is 1.72. The first kappa shape index (κ1) is 14.1. The van der Waals surface area contributed by atoms with Gasteiger partial charge in [-0.25, -0.2) is 9.97 Å². The van der Waals surface area contributed by atoms with Crippen molar-refractivity contribution >= 4 is 23.4 Å². The Bertz CT molecular complexity index is 661. The molecule has 0 radical (unpaired) electrons. The van der Waals surface area contributed by atoms with Gasteiger partial charge < -0.3 is 16.6 Å². The van der Waals surface area contributed by atoms with Gasteiger partial charge in [-0.3, -0.25) is 0 Å². The molecule has 0 saturated heterocycles. The van der Waals surface area contributed by atoms with Crippen LogP contribution < -0.4 is 11.5 Å². The van der Waals surface area contributed by atoms with Gasteiger partial charge in [0.1, 0.15) is 11.6 Å². The minimum Gasteiger partial charge on any atom is -0.389 e. The van der Waals surface area contributed by atoms with E-state index >= 15 is 0 Å². The van der Waals surface area contributed by atoms with Crippen molar-refractivity contribution in [2.45, 2.75) is 23.1 Å². The zero-order valence-electron chi connectivity index (χ0n) is 10.7. The average molecular weight is 287 g/mol. The summed E-state index contributed by atoms with van der Waals surface area (Å²) in [6.07, 6.45) is -0.663. The van der Waals surface area contributed by atoms with E-state index in [4.69, 9.17) is 16.7 Å². The van der Waals surface area contributed by atoms with Crippen LogP contribution in [0.4, 0.5) is 11.6 Å². The number of aliphatic hydroxyl groups excluding tert-OH is 1. The lowest BCUT2D eigenvalue weighted by molar-refractivity contribution is 0.196. The zero-order chi connectivity index (χ0) is 14.7. The van der Waals surface area contributed by atoms with Gasteiger partial charge in [0.05, 0.1) is 17.7 Å². The topological polar surface area (TPSA) is 122 Å². The number of hydrogen-bond acceptors (Lipinski definition) is 7. The van der Waals surface area contributed by atoms with Crippen LogP contribution in [0.5, 0.6) is 0 Å². The molecule has 1 atom stereocenters. The normalized spacial score (nSPS) is 11.8. The minimum atomic E-state index is -0.663. The van der Waals surface area contributed by atoms with E-state index in [1.165, 1.54) is 17.8 Å². The van der Waals surface area contributed by atoms with Crippen molar-refractivity contribution in [2.24, 2.45) is 0 Å². The van der Waals surface area contributed by atoms with E-state index in [2.05, 4.69) is 16.0 Å². The highest BCUT2D eigenvalue weighted by Crippen LogP contribution is 2.32. The molecule has 1 aromatic carbocycles. The lowest BCUT2D eigenvalue weighted by Crippen LogP contribution is -2.00. The van der Waals surface area contributed by atoms with Gasteiger partial charge >= 0.3 is 0 Å². The van der Waals surface area contributed by atoms with E-state index in [0.29, 0.717) is 21.2 Å². The molecule has 0 fully saturated rings. The van der Waals surface area contributed by atoms with E-state index in [-0.39, 0.29) is 11.6 Å². The Morgan fingerprint density at radius 1 is 1.25 bits per heavy atom. The van der Waals surface area contributed by atoms with Gasteiger partial charge in [0.15, 0.2) is 5.16 Å². The first-order chi connectivity index (χ1) is 9.49. The second-order valence-corrected chi connectivity index (χ2v) is 5.15. The van der Waals surface area contributed by atoms with Crippen molar-refractivity contribution < 1.29 is 5.11 Å². The lowest BCUT2D eigenvalue weighted by atomic mass is 10.1. The predicted molar refractivity (Wildman–Crippen MR) is 76.8 cm³/mol. The number of rotatable bonds is 3. The van der Waals surface area contributed by atoms with E-state index in [1.54, 1.807) is 25.1 Å². The monoisotopic (exact) mass is 287 g/mol. The van der Waals surface area contributed by atoms with Crippen LogP contribution >= 0.6 is 11.8 Å². The average Bonchev–Trinajstić information content (AvgIpc) is 2.37. The fraction of sp³-hybridized carbons (Fsp3) is 0.154. The molecule has 102 valence electrons. The number of hydrogen-bond donors (Lipinski definition) is 3. The fourth-order valence-electron chi connectivity index (χ4n) is 1.64. The number of anilines is 2. The van der Waals surface area contributed by atoms with Gasteiger partial charge in [-0.15, -0.1) is 0 Å². The van der Waals surface area contributed by atoms with Gasteiger partial charge in [-0.2, -0.15) is 5.26 Å². The third-order valence-electron chi connectivity index (χ3n) is 2.54. The largest absolute Gasteiger partial charge is 0.389 e. The van der Waals surface area contributed by atoms with Crippen LogP contribution in [0.1, 0.15) is 24.2 Å². The molecule has 0 amide bonds. The van der Waals surface area contributed by atoms with Gasteiger partial charge in [0.2, 0.25) is 0 Å². The number of nitriles is 1. The molecule has 0 saturated carbocycles. The van der Waals surface area contributed by atoms with E-state index in [0.717, 1.165) is 0 Å². The molecule has 0 aliphatic carbocycles. The number of nitrogens with zero attached hydrogens (tertiary/aromatic N) is 3. The highest BCUT2D eigenvalue weighted by atomic mass is 32.2. The molecular weight excluding hydrogens is 274 g/mol. The highest BCUT2D eigenvalue weighted by Gasteiger charge is 2.12. The molecular formula is C13H13N5OS. The number of aliphatic hydroxyl groups is 1. The van der Waals surface area contributed by atoms with Crippen LogP contribution in [0.2, 0.25) is 0 Å². The van der Waals surface area contributed by atoms with Gasteiger partial charge in [0.25, 0.3) is 0 Å². The van der Waals surface area contributed by atoms with Crippen molar-refractivity contribution in [3.8, 4) is 6.07 Å². The second-order valence-electron chi connectivity index (χ2n) is 4.14. The summed E-state index contributed by atoms with van der Waals surface area (Å²) >= 11 is 1.21. The summed E-state index contributed by atoms with van der Waals surface area (Å²) in [6, 6.07) is 8.56. The molecule has 0 unspecified atom stereocenters. The lowest BCUT2D eigenvalue weighted by Gasteiger charge is -2.11. The van der Waals surface area contributed by atoms with Gasteiger partial charge in [0, 0.05) is 11.0 Å². The molecule has 1 heterocycles. The fourth-order valence-corrected chi connectivity index (χ4v) is 2.68. The maximum absolute atomic E-state index is 9.77. The van der Waals surface area contributed by atoms with Crippen LogP contribution in [0.25, 0.3) is 0 Å². The van der Waals surface area contributed by atoms with Gasteiger partial charge in [-0.1, -0.05) is 6.07 Å². The maximum Gasteiger partial charge on any atom is 0.196 e. The summed E-state index contributed by atoms with van der Waals surface area (Å²) in [7, 11) is 0. The number of benzene rings is 1. The number of nitrogens with two attached hydrogens (primary N) is 2. The number of nitrogen functional groups attached to an aromatic ring is 2. The van der Waals surface area contributed by atoms with Crippen molar-refractivity contribution in [3.63, 3.8) is 0 Å². The van der Waals surface area contributed by atoms with E-state index in [9.17, 15) is 5.11 Å². The Morgan fingerprint density at radius 3 is 2.45 bits per heavy atom. The summed E-state index contributed by atoms with van der Waals surface area (Å²) in [4.78, 5) is 8.84. The SMILES string of the molecule is C[C@H](O)c1ccc(C#N)cc1Sc1nc(N)cc(N)n1. The summed E-state index contributed by atoms with van der Waals surface area (Å²) in [5.74, 6) is 0.546. The van der Waals surface area contributed by atoms with Crippen LogP contribution in [0.3, 0.4) is 0 Å². The molecule has 0 spiro atoms. The zero-order valence-corrected chi connectivity index (χ0v) is 11.6. The Morgan fingerprint density at radius 2 is 1.90 bits per heavy atom. The summed E-state index contributed by atoms with van der Waals surface area (Å²) in [6.45, 7) is 1.65. The molecule has 0 bridgehead atoms. The van der Waals surface area contributed by atoms with Crippen LogP contribution in [0.15, 0.2) is 34.3 Å². The maximum atomic E-state index is 9.77. The summed E-state index contributed by atoms with van der Waals surface area (Å²) < 4.78 is 0. The van der Waals surface area contributed by atoms with Crippen molar-refractivity contribution in [1.29, 1.82) is 5.26 Å². The van der Waals surface area contributed by atoms with Gasteiger partial charge in [-0.05, 0) is 36.4 Å². The van der Waals surface area contributed by atoms with Crippen LogP contribution in [0, 0.1) is 11.3 Å². The van der Waals surface area contributed by atoms with Crippen molar-refractivity contribution in [1.82, 2.24) is 9.97 Å². The third-order valence-corrected chi connectivity index (χ3v) is 3.48. The molecule has 5 N–H and O–H groups in total. The first-order valence-corrected chi connectivity index (χ1v) is 6.61. The molecule has 20 heavy (non-hydrogen) atoms. The molecule has 6 nitrogen and oxygen atoms in total. The molecule has 7 heteroatoms. The smallest absolute Gasteiger partial charge is 0.196 e. The Hall–Kier alpha value is -2.30. The Kier molecular flexibility index (Phi) is 4.08. The van der Waals surface area contributed by atoms with Crippen molar-refractivity contribution in [2.75, 3.05) is 11.5 Å². The molecule has 2 rings (SSSR count). The standard InChI is InChI=1S/C13H13N5OS/c1-7(19)9-3-2-8(6-14)4-10(9)20-13-17-11(15)5-12(16)18-13/h2-5,7,19H,1H3,(H4,15,16,17,18)/t7-/m0/s1. The molecule has 0 aliphatic rings. The van der Waals surface area contributed by atoms with Crippen LogP contribution in [-0.4, -0.2) is 15.1 Å². The third kappa shape index (κ3) is 3.17. The Labute approximate surface area is 120 Å². The quantitative estimate of drug-likeness (QED) is 0.734. The number of aromatic nitrogens is 2. The minimum absolute atomic E-state index is 0.273. The first-order valence-electron chi connectivity index (χ1n) is 5.79. The highest BCUT2D eigenvalue weighted by molar-refractivity contribution is 7.99. The second kappa shape index (κ2) is 5.77. The Balaban J connectivity index is 2.43. The summed E-state index contributed by atoms with van der Waals surface area (Å²) in [5, 5.41) is 19.1. The molecule has 2 aromatic rings. The van der Waals surface area contributed by atoms with Crippen molar-refractivity contribution in [3.05, 3.63) is 35.4 Å². The molecule has 0 aliphatic heterocycles. The molecule has 1 aromatic heterocycles. The summed E-state index contributed by atoms with van der Waals surface area (Å²) in [5.41, 5.74) is 12.4. The van der Waals surface area contributed by atoms with Crippen LogP contribution in [-0.2, 0) is 0 Å². The van der Waals surface area contributed by atoms with E-state index < -0.39 is 6.10 Å².